The van der Waals surface area contributed by atoms with Crippen LogP contribution in [0.4, 0.5) is 4.79 Å². The Morgan fingerprint density at radius 1 is 0.923 bits per heavy atom. The van der Waals surface area contributed by atoms with Gasteiger partial charge in [-0.25, -0.2) is 4.79 Å². The van der Waals surface area contributed by atoms with Gasteiger partial charge in [-0.05, 0) is 55.8 Å². The lowest BCUT2D eigenvalue weighted by Crippen LogP contribution is -2.41. The third-order valence-electron chi connectivity index (χ3n) is 6.01. The Balaban J connectivity index is 1.62. The van der Waals surface area contributed by atoms with Gasteiger partial charge in [0.1, 0.15) is 0 Å². The largest absolute Gasteiger partial charge is 0.449 e. The molecule has 0 bridgehead atoms. The first-order valence-corrected chi connectivity index (χ1v) is 10.6. The summed E-state index contributed by atoms with van der Waals surface area (Å²) in [6.45, 7) is 12.5. The van der Waals surface area contributed by atoms with Gasteiger partial charge in [0.15, 0.2) is 0 Å². The van der Waals surface area contributed by atoms with Crippen LogP contribution in [0, 0.1) is 23.7 Å². The van der Waals surface area contributed by atoms with E-state index in [0.29, 0.717) is 30.8 Å². The standard InChI is InChI=1S/C21H38N2O3/c1-16(2)15-26-21(25)23-11-7-18(8-12-23)5-6-20(24)22-13-9-19(10-14-22)17(3)4/h16-19H,5-15H2,1-4H3. The molecule has 2 fully saturated rings. The van der Waals surface area contributed by atoms with Crippen molar-refractivity contribution in [2.24, 2.45) is 23.7 Å². The molecule has 5 heteroatoms. The number of ether oxygens (including phenoxy) is 1. The highest BCUT2D eigenvalue weighted by Gasteiger charge is 2.27. The van der Waals surface area contributed by atoms with Crippen molar-refractivity contribution in [3.63, 3.8) is 0 Å². The first-order valence-electron chi connectivity index (χ1n) is 10.6. The van der Waals surface area contributed by atoms with Gasteiger partial charge in [-0.15, -0.1) is 0 Å². The third kappa shape index (κ3) is 6.48. The smallest absolute Gasteiger partial charge is 0.409 e. The third-order valence-corrected chi connectivity index (χ3v) is 6.01. The molecule has 0 unspecified atom stereocenters. The number of carbonyl (C=O) groups is 2. The van der Waals surface area contributed by atoms with Crippen LogP contribution in [0.25, 0.3) is 0 Å². The lowest BCUT2D eigenvalue weighted by molar-refractivity contribution is -0.133. The number of amides is 2. The number of piperidine rings is 2. The molecular weight excluding hydrogens is 328 g/mol. The first kappa shape index (κ1) is 21.0. The summed E-state index contributed by atoms with van der Waals surface area (Å²) >= 11 is 0. The summed E-state index contributed by atoms with van der Waals surface area (Å²) in [6.07, 6.45) is 5.72. The molecule has 0 N–H and O–H groups in total. The average Bonchev–Trinajstić information content (AvgIpc) is 2.64. The summed E-state index contributed by atoms with van der Waals surface area (Å²) in [5, 5.41) is 0. The van der Waals surface area contributed by atoms with Gasteiger partial charge >= 0.3 is 6.09 Å². The summed E-state index contributed by atoms with van der Waals surface area (Å²) in [5.74, 6) is 2.75. The molecule has 2 aliphatic heterocycles. The van der Waals surface area contributed by atoms with Crippen molar-refractivity contribution in [1.82, 2.24) is 9.80 Å². The molecule has 150 valence electrons. The lowest BCUT2D eigenvalue weighted by atomic mass is 9.86. The molecule has 5 nitrogen and oxygen atoms in total. The highest BCUT2D eigenvalue weighted by Crippen LogP contribution is 2.26. The second-order valence-corrected chi connectivity index (χ2v) is 8.90. The van der Waals surface area contributed by atoms with E-state index in [1.165, 1.54) is 0 Å². The molecule has 26 heavy (non-hydrogen) atoms. The molecule has 0 aromatic rings. The van der Waals surface area contributed by atoms with Crippen LogP contribution in [0.3, 0.4) is 0 Å². The molecule has 0 atom stereocenters. The molecule has 0 spiro atoms. The highest BCUT2D eigenvalue weighted by molar-refractivity contribution is 5.76. The quantitative estimate of drug-likeness (QED) is 0.709. The van der Waals surface area contributed by atoms with Gasteiger partial charge in [-0.2, -0.15) is 0 Å². The molecule has 2 aliphatic rings. The predicted octanol–water partition coefficient (Wildman–Crippen LogP) is 4.17. The van der Waals surface area contributed by atoms with E-state index in [1.807, 2.05) is 18.7 Å². The van der Waals surface area contributed by atoms with Crippen molar-refractivity contribution in [3.05, 3.63) is 0 Å². The van der Waals surface area contributed by atoms with Crippen LogP contribution in [0.1, 0.15) is 66.2 Å². The minimum Gasteiger partial charge on any atom is -0.449 e. The zero-order valence-corrected chi connectivity index (χ0v) is 17.2. The maximum Gasteiger partial charge on any atom is 0.409 e. The second-order valence-electron chi connectivity index (χ2n) is 8.90. The number of rotatable bonds is 6. The summed E-state index contributed by atoms with van der Waals surface area (Å²) < 4.78 is 5.31. The Bertz CT molecular complexity index is 448. The Labute approximate surface area is 159 Å². The van der Waals surface area contributed by atoms with Gasteiger partial charge in [0.05, 0.1) is 6.61 Å². The molecule has 2 saturated heterocycles. The van der Waals surface area contributed by atoms with Crippen LogP contribution in [-0.2, 0) is 9.53 Å². The Morgan fingerprint density at radius 3 is 2.04 bits per heavy atom. The number of nitrogens with zero attached hydrogens (tertiary/aromatic N) is 2. The van der Waals surface area contributed by atoms with Crippen LogP contribution >= 0.6 is 0 Å². The fourth-order valence-electron chi connectivity index (χ4n) is 4.03. The molecule has 0 radical (unpaired) electrons. The van der Waals surface area contributed by atoms with Crippen LogP contribution < -0.4 is 0 Å². The van der Waals surface area contributed by atoms with Gasteiger partial charge in [0.2, 0.25) is 5.91 Å². The van der Waals surface area contributed by atoms with E-state index in [2.05, 4.69) is 18.7 Å². The normalized spacial score (nSPS) is 20.1. The molecule has 2 amide bonds. The molecule has 0 aromatic carbocycles. The zero-order valence-electron chi connectivity index (χ0n) is 17.2. The molecule has 0 aromatic heterocycles. The van der Waals surface area contributed by atoms with E-state index < -0.39 is 0 Å². The van der Waals surface area contributed by atoms with Crippen molar-refractivity contribution in [2.75, 3.05) is 32.8 Å². The van der Waals surface area contributed by atoms with Crippen LogP contribution in [0.5, 0.6) is 0 Å². The molecule has 0 aliphatic carbocycles. The monoisotopic (exact) mass is 366 g/mol. The van der Waals surface area contributed by atoms with Crippen molar-refractivity contribution in [3.8, 4) is 0 Å². The van der Waals surface area contributed by atoms with Gasteiger partial charge < -0.3 is 14.5 Å². The van der Waals surface area contributed by atoms with E-state index in [0.717, 1.165) is 70.1 Å². The summed E-state index contributed by atoms with van der Waals surface area (Å²) in [6, 6.07) is 0. The van der Waals surface area contributed by atoms with Gasteiger partial charge in [-0.3, -0.25) is 4.79 Å². The topological polar surface area (TPSA) is 49.9 Å². The fourth-order valence-corrected chi connectivity index (χ4v) is 4.03. The summed E-state index contributed by atoms with van der Waals surface area (Å²) in [7, 11) is 0. The predicted molar refractivity (Wildman–Crippen MR) is 104 cm³/mol. The van der Waals surface area contributed by atoms with E-state index >= 15 is 0 Å². The van der Waals surface area contributed by atoms with Gasteiger partial charge in [0.25, 0.3) is 0 Å². The maximum atomic E-state index is 12.5. The molecule has 0 saturated carbocycles. The van der Waals surface area contributed by atoms with Crippen molar-refractivity contribution in [2.45, 2.75) is 66.2 Å². The van der Waals surface area contributed by atoms with Crippen molar-refractivity contribution in [1.29, 1.82) is 0 Å². The number of carbonyl (C=O) groups excluding carboxylic acids is 2. The highest BCUT2D eigenvalue weighted by atomic mass is 16.6. The second kappa shape index (κ2) is 10.2. The lowest BCUT2D eigenvalue weighted by Gasteiger charge is -2.35. The fraction of sp³-hybridized carbons (Fsp3) is 0.905. The summed E-state index contributed by atoms with van der Waals surface area (Å²) in [4.78, 5) is 28.4. The van der Waals surface area contributed by atoms with Crippen LogP contribution in [0.2, 0.25) is 0 Å². The number of likely N-dealkylation sites (tertiary alicyclic amines) is 2. The van der Waals surface area contributed by atoms with E-state index in [1.54, 1.807) is 0 Å². The number of hydrogen-bond donors (Lipinski definition) is 0. The van der Waals surface area contributed by atoms with E-state index in [9.17, 15) is 9.59 Å². The van der Waals surface area contributed by atoms with Crippen LogP contribution in [-0.4, -0.2) is 54.6 Å². The van der Waals surface area contributed by atoms with Crippen LogP contribution in [0.15, 0.2) is 0 Å². The zero-order chi connectivity index (χ0) is 19.1. The summed E-state index contributed by atoms with van der Waals surface area (Å²) in [5.41, 5.74) is 0. The van der Waals surface area contributed by atoms with Crippen molar-refractivity contribution < 1.29 is 14.3 Å². The Kier molecular flexibility index (Phi) is 8.23. The van der Waals surface area contributed by atoms with Crippen molar-refractivity contribution >= 4 is 12.0 Å². The van der Waals surface area contributed by atoms with Gasteiger partial charge in [-0.1, -0.05) is 27.7 Å². The Hall–Kier alpha value is -1.26. The van der Waals surface area contributed by atoms with E-state index in [4.69, 9.17) is 4.74 Å². The molecule has 2 heterocycles. The number of hydrogen-bond acceptors (Lipinski definition) is 3. The molecular formula is C21H38N2O3. The maximum absolute atomic E-state index is 12.5. The average molecular weight is 367 g/mol. The Morgan fingerprint density at radius 2 is 1.50 bits per heavy atom. The minimum atomic E-state index is -0.179. The minimum absolute atomic E-state index is 0.179. The van der Waals surface area contributed by atoms with E-state index in [-0.39, 0.29) is 6.09 Å². The molecule has 2 rings (SSSR count). The first-order chi connectivity index (χ1) is 12.4. The van der Waals surface area contributed by atoms with Gasteiger partial charge in [0, 0.05) is 32.6 Å². The SMILES string of the molecule is CC(C)COC(=O)N1CCC(CCC(=O)N2CCC(C(C)C)CC2)CC1.